The molecule has 0 bridgehead atoms. The number of hydrogen-bond donors (Lipinski definition) is 0. The number of carbonyl (C=O) groups excluding carboxylic acids is 2. The van der Waals surface area contributed by atoms with Crippen molar-refractivity contribution < 1.29 is 14.0 Å². The number of anilines is 1. The zero-order chi connectivity index (χ0) is 19.0. The first kappa shape index (κ1) is 17.8. The van der Waals surface area contributed by atoms with E-state index < -0.39 is 0 Å². The standard InChI is InChI=1S/C19H25N5O3/c1-14-16(5-11-27-14)18(25)23-9-7-22(8-10-23)17-4-3-6-24(19(17)26)15-12-20-21(2)13-15/h5,11-13,17H,3-4,6-10H2,1-2H3/t17-/m0/s1. The van der Waals surface area contributed by atoms with E-state index in [1.54, 1.807) is 30.1 Å². The van der Waals surface area contributed by atoms with Crippen LogP contribution in [0.15, 0.2) is 29.1 Å². The molecule has 0 unspecified atom stereocenters. The van der Waals surface area contributed by atoms with Crippen molar-refractivity contribution in [2.75, 3.05) is 37.6 Å². The summed E-state index contributed by atoms with van der Waals surface area (Å²) in [7, 11) is 1.85. The molecule has 0 aliphatic carbocycles. The number of furan rings is 1. The summed E-state index contributed by atoms with van der Waals surface area (Å²) in [6.07, 6.45) is 7.00. The molecule has 0 radical (unpaired) electrons. The number of rotatable bonds is 3. The first-order valence-corrected chi connectivity index (χ1v) is 9.42. The molecule has 144 valence electrons. The molecular formula is C19H25N5O3. The molecule has 1 atom stereocenters. The topological polar surface area (TPSA) is 74.8 Å². The third-order valence-electron chi connectivity index (χ3n) is 5.54. The Kier molecular flexibility index (Phi) is 4.73. The van der Waals surface area contributed by atoms with Crippen LogP contribution < -0.4 is 4.90 Å². The second kappa shape index (κ2) is 7.19. The summed E-state index contributed by atoms with van der Waals surface area (Å²) in [6, 6.07) is 1.60. The molecule has 2 aliphatic rings. The van der Waals surface area contributed by atoms with Gasteiger partial charge in [0, 0.05) is 46.0 Å². The highest BCUT2D eigenvalue weighted by atomic mass is 16.3. The zero-order valence-electron chi connectivity index (χ0n) is 15.8. The predicted octanol–water partition coefficient (Wildman–Crippen LogP) is 1.27. The quantitative estimate of drug-likeness (QED) is 0.812. The van der Waals surface area contributed by atoms with Gasteiger partial charge in [-0.2, -0.15) is 5.10 Å². The normalized spacial score (nSPS) is 21.7. The fourth-order valence-corrected chi connectivity index (χ4v) is 4.01. The first-order valence-electron chi connectivity index (χ1n) is 9.42. The molecule has 8 nitrogen and oxygen atoms in total. The van der Waals surface area contributed by atoms with E-state index in [4.69, 9.17) is 4.42 Å². The van der Waals surface area contributed by atoms with E-state index in [9.17, 15) is 9.59 Å². The summed E-state index contributed by atoms with van der Waals surface area (Å²) >= 11 is 0. The Morgan fingerprint density at radius 3 is 2.63 bits per heavy atom. The van der Waals surface area contributed by atoms with Crippen LogP contribution >= 0.6 is 0 Å². The largest absolute Gasteiger partial charge is 0.469 e. The molecule has 4 heterocycles. The van der Waals surface area contributed by atoms with Gasteiger partial charge in [0.15, 0.2) is 0 Å². The molecule has 0 spiro atoms. The van der Waals surface area contributed by atoms with Gasteiger partial charge in [-0.15, -0.1) is 0 Å². The van der Waals surface area contributed by atoms with Gasteiger partial charge < -0.3 is 14.2 Å². The fraction of sp³-hybridized carbons (Fsp3) is 0.526. The first-order chi connectivity index (χ1) is 13.0. The summed E-state index contributed by atoms with van der Waals surface area (Å²) < 4.78 is 6.96. The van der Waals surface area contributed by atoms with E-state index in [1.807, 2.05) is 23.0 Å². The average Bonchev–Trinajstić information content (AvgIpc) is 3.30. The number of aryl methyl sites for hydroxylation is 2. The monoisotopic (exact) mass is 371 g/mol. The average molecular weight is 371 g/mol. The summed E-state index contributed by atoms with van der Waals surface area (Å²) in [5, 5.41) is 4.18. The van der Waals surface area contributed by atoms with Gasteiger partial charge in [0.25, 0.3) is 5.91 Å². The number of hydrogen-bond acceptors (Lipinski definition) is 5. The Balaban J connectivity index is 1.39. The van der Waals surface area contributed by atoms with Crippen LogP contribution in [0, 0.1) is 6.92 Å². The Hall–Kier alpha value is -2.61. The molecule has 2 aliphatic heterocycles. The second-order valence-electron chi connectivity index (χ2n) is 7.24. The number of aromatic nitrogens is 2. The number of carbonyl (C=O) groups is 2. The fourth-order valence-electron chi connectivity index (χ4n) is 4.01. The number of nitrogens with zero attached hydrogens (tertiary/aromatic N) is 5. The molecule has 4 rings (SSSR count). The molecule has 2 saturated heterocycles. The van der Waals surface area contributed by atoms with Crippen molar-refractivity contribution in [2.24, 2.45) is 7.05 Å². The number of piperazine rings is 1. The molecule has 2 aromatic rings. The summed E-state index contributed by atoms with van der Waals surface area (Å²) in [5.41, 5.74) is 1.48. The highest BCUT2D eigenvalue weighted by molar-refractivity contribution is 5.98. The van der Waals surface area contributed by atoms with Crippen LogP contribution in [0.3, 0.4) is 0 Å². The van der Waals surface area contributed by atoms with E-state index in [-0.39, 0.29) is 17.9 Å². The molecule has 0 N–H and O–H groups in total. The summed E-state index contributed by atoms with van der Waals surface area (Å²) in [5.74, 6) is 0.796. The van der Waals surface area contributed by atoms with Crippen molar-refractivity contribution >= 4 is 17.5 Å². The van der Waals surface area contributed by atoms with E-state index in [0.29, 0.717) is 37.5 Å². The lowest BCUT2D eigenvalue weighted by Crippen LogP contribution is -2.58. The van der Waals surface area contributed by atoms with Gasteiger partial charge in [-0.25, -0.2) is 0 Å². The van der Waals surface area contributed by atoms with Gasteiger partial charge in [-0.3, -0.25) is 19.2 Å². The molecule has 27 heavy (non-hydrogen) atoms. The van der Waals surface area contributed by atoms with Gasteiger partial charge in [-0.05, 0) is 25.8 Å². The van der Waals surface area contributed by atoms with Crippen LogP contribution in [-0.2, 0) is 11.8 Å². The zero-order valence-corrected chi connectivity index (χ0v) is 15.8. The highest BCUT2D eigenvalue weighted by Gasteiger charge is 2.36. The lowest BCUT2D eigenvalue weighted by molar-refractivity contribution is -0.126. The molecule has 2 amide bonds. The van der Waals surface area contributed by atoms with Crippen LogP contribution in [-0.4, -0.2) is 70.2 Å². The Bertz CT molecular complexity index is 834. The van der Waals surface area contributed by atoms with Gasteiger partial charge in [0.1, 0.15) is 5.76 Å². The molecule has 0 saturated carbocycles. The minimum absolute atomic E-state index is 0.00728. The summed E-state index contributed by atoms with van der Waals surface area (Å²) in [6.45, 7) is 5.20. The van der Waals surface area contributed by atoms with Crippen molar-refractivity contribution in [3.05, 3.63) is 36.0 Å². The van der Waals surface area contributed by atoms with E-state index >= 15 is 0 Å². The minimum atomic E-state index is -0.119. The van der Waals surface area contributed by atoms with E-state index in [2.05, 4.69) is 10.00 Å². The van der Waals surface area contributed by atoms with Crippen molar-refractivity contribution in [1.82, 2.24) is 19.6 Å². The van der Waals surface area contributed by atoms with Gasteiger partial charge in [0.05, 0.1) is 29.8 Å². The van der Waals surface area contributed by atoms with Crippen molar-refractivity contribution in [3.63, 3.8) is 0 Å². The van der Waals surface area contributed by atoms with Crippen LogP contribution in [0.4, 0.5) is 5.69 Å². The van der Waals surface area contributed by atoms with Crippen LogP contribution in [0.2, 0.25) is 0 Å². The maximum Gasteiger partial charge on any atom is 0.257 e. The van der Waals surface area contributed by atoms with Gasteiger partial charge in [0.2, 0.25) is 5.91 Å². The molecule has 2 fully saturated rings. The van der Waals surface area contributed by atoms with Crippen molar-refractivity contribution in [1.29, 1.82) is 0 Å². The third kappa shape index (κ3) is 3.37. The molecule has 0 aromatic carbocycles. The molecule has 8 heteroatoms. The smallest absolute Gasteiger partial charge is 0.257 e. The Morgan fingerprint density at radius 1 is 1.22 bits per heavy atom. The minimum Gasteiger partial charge on any atom is -0.469 e. The molecule has 2 aromatic heterocycles. The number of piperidine rings is 1. The maximum atomic E-state index is 13.0. The van der Waals surface area contributed by atoms with Crippen LogP contribution in [0.25, 0.3) is 0 Å². The lowest BCUT2D eigenvalue weighted by atomic mass is 10.0. The van der Waals surface area contributed by atoms with Crippen molar-refractivity contribution in [3.8, 4) is 0 Å². The second-order valence-corrected chi connectivity index (χ2v) is 7.24. The van der Waals surface area contributed by atoms with Gasteiger partial charge >= 0.3 is 0 Å². The van der Waals surface area contributed by atoms with Crippen molar-refractivity contribution in [2.45, 2.75) is 25.8 Å². The Morgan fingerprint density at radius 2 is 2.00 bits per heavy atom. The SMILES string of the molecule is Cc1occc1C(=O)N1CCN([C@H]2CCCN(c3cnn(C)c3)C2=O)CC1. The van der Waals surface area contributed by atoms with E-state index in [1.165, 1.54) is 0 Å². The highest BCUT2D eigenvalue weighted by Crippen LogP contribution is 2.24. The lowest BCUT2D eigenvalue weighted by Gasteiger charge is -2.42. The Labute approximate surface area is 158 Å². The van der Waals surface area contributed by atoms with E-state index in [0.717, 1.165) is 25.1 Å². The summed E-state index contributed by atoms with van der Waals surface area (Å²) in [4.78, 5) is 31.6. The van der Waals surface area contributed by atoms with Crippen LogP contribution in [0.1, 0.15) is 29.0 Å². The third-order valence-corrected chi connectivity index (χ3v) is 5.54. The number of amides is 2. The van der Waals surface area contributed by atoms with Gasteiger partial charge in [-0.1, -0.05) is 0 Å². The maximum absolute atomic E-state index is 13.0. The predicted molar refractivity (Wildman–Crippen MR) is 99.5 cm³/mol. The molecular weight excluding hydrogens is 346 g/mol. The van der Waals surface area contributed by atoms with Crippen LogP contribution in [0.5, 0.6) is 0 Å².